The molecular weight excluding hydrogens is 569 g/mol. The van der Waals surface area contributed by atoms with Crippen molar-refractivity contribution in [1.82, 2.24) is 15.0 Å². The van der Waals surface area contributed by atoms with Gasteiger partial charge in [0.2, 0.25) is 11.9 Å². The topological polar surface area (TPSA) is 129 Å². The van der Waals surface area contributed by atoms with Gasteiger partial charge in [-0.3, -0.25) is 4.79 Å². The van der Waals surface area contributed by atoms with Crippen LogP contribution in [0.2, 0.25) is 5.02 Å². The van der Waals surface area contributed by atoms with Crippen molar-refractivity contribution in [3.05, 3.63) is 80.9 Å². The number of rotatable bonds is 3. The third-order valence-corrected chi connectivity index (χ3v) is 6.60. The molecule has 0 unspecified atom stereocenters. The minimum Gasteiger partial charge on any atom is -0.475 e. The number of thiazole rings is 1. The van der Waals surface area contributed by atoms with E-state index < -0.39 is 12.1 Å². The van der Waals surface area contributed by atoms with Gasteiger partial charge in [-0.15, -0.1) is 11.3 Å². The predicted octanol–water partition coefficient (Wildman–Crippen LogP) is 6.30. The first-order chi connectivity index (χ1) is 19.0. The molecule has 4 aromatic rings. The quantitative estimate of drug-likeness (QED) is 0.219. The highest BCUT2D eigenvalue weighted by Crippen LogP contribution is 2.29. The fraction of sp³-hybridized carbons (Fsp3) is 0.192. The molecule has 9 nitrogen and oxygen atoms in total. The van der Waals surface area contributed by atoms with Crippen LogP contribution in [0.4, 0.5) is 42.0 Å². The van der Waals surface area contributed by atoms with E-state index in [0.717, 1.165) is 46.2 Å². The van der Waals surface area contributed by atoms with Crippen LogP contribution >= 0.6 is 22.9 Å². The Morgan fingerprint density at radius 3 is 2.55 bits per heavy atom. The molecule has 0 fully saturated rings. The number of carbonyl (C=O) groups excluding carboxylic acids is 1. The summed E-state index contributed by atoms with van der Waals surface area (Å²) >= 11 is 7.88. The molecule has 0 saturated carbocycles. The molecular formula is C26H22ClF3N6O3S. The van der Waals surface area contributed by atoms with E-state index in [-0.39, 0.29) is 12.3 Å². The zero-order chi connectivity index (χ0) is 28.9. The van der Waals surface area contributed by atoms with Crippen LogP contribution in [-0.2, 0) is 28.9 Å². The standard InChI is InChI=1S/C24H21ClN6OS.C2HF3O2/c1-14-27-19(13-33-14)11-22(32)30-21-8-7-18-10-16(21)6-5-15-3-2-4-17(9-15)29-24-26-12-20(25)23(28-18)31-24;3-2(4,5)1(6)7/h2-4,7-10,12-13H,5-6,11H2,1H3,(H,30,32)(H2,26,28,29,31);(H,6,7). The van der Waals surface area contributed by atoms with Gasteiger partial charge in [0, 0.05) is 22.4 Å². The maximum atomic E-state index is 12.7. The Labute approximate surface area is 235 Å². The fourth-order valence-corrected chi connectivity index (χ4v) is 4.46. The first kappa shape index (κ1) is 28.8. The normalized spacial score (nSPS) is 12.2. The van der Waals surface area contributed by atoms with E-state index in [0.29, 0.717) is 16.8 Å². The number of alkyl halides is 3. The van der Waals surface area contributed by atoms with Crippen molar-refractivity contribution >= 4 is 63.6 Å². The molecule has 6 bridgehead atoms. The maximum absolute atomic E-state index is 12.7. The van der Waals surface area contributed by atoms with Gasteiger partial charge < -0.3 is 21.1 Å². The average Bonchev–Trinajstić information content (AvgIpc) is 3.29. The van der Waals surface area contributed by atoms with E-state index in [1.54, 1.807) is 17.5 Å². The van der Waals surface area contributed by atoms with Crippen LogP contribution in [0.25, 0.3) is 0 Å². The summed E-state index contributed by atoms with van der Waals surface area (Å²) in [6.07, 6.45) is -1.71. The molecule has 208 valence electrons. The fourth-order valence-electron chi connectivity index (χ4n) is 3.71. The molecule has 5 rings (SSSR count). The Morgan fingerprint density at radius 1 is 1.10 bits per heavy atom. The molecule has 0 atom stereocenters. The highest BCUT2D eigenvalue weighted by molar-refractivity contribution is 7.09. The van der Waals surface area contributed by atoms with Gasteiger partial charge in [-0.1, -0.05) is 23.7 Å². The highest BCUT2D eigenvalue weighted by Gasteiger charge is 2.38. The van der Waals surface area contributed by atoms with Crippen molar-refractivity contribution in [3.63, 3.8) is 0 Å². The van der Waals surface area contributed by atoms with Gasteiger partial charge in [-0.25, -0.2) is 14.8 Å². The van der Waals surface area contributed by atoms with Gasteiger partial charge in [0.15, 0.2) is 5.82 Å². The Hall–Kier alpha value is -4.23. The molecule has 1 aliphatic rings. The van der Waals surface area contributed by atoms with Gasteiger partial charge in [-0.2, -0.15) is 18.2 Å². The van der Waals surface area contributed by atoms with Crippen LogP contribution in [0.15, 0.2) is 54.0 Å². The van der Waals surface area contributed by atoms with Crippen molar-refractivity contribution < 1.29 is 27.9 Å². The third kappa shape index (κ3) is 7.90. The summed E-state index contributed by atoms with van der Waals surface area (Å²) in [4.78, 5) is 34.8. The number of nitrogens with zero attached hydrogens (tertiary/aromatic N) is 3. The second-order valence-electron chi connectivity index (χ2n) is 8.60. The number of aryl methyl sites for hydroxylation is 3. The van der Waals surface area contributed by atoms with E-state index in [2.05, 4.69) is 43.0 Å². The first-order valence-electron chi connectivity index (χ1n) is 11.8. The second-order valence-corrected chi connectivity index (χ2v) is 10.1. The Bertz CT molecular complexity index is 1550. The molecule has 4 N–H and O–H groups in total. The van der Waals surface area contributed by atoms with Crippen LogP contribution in [0.3, 0.4) is 0 Å². The van der Waals surface area contributed by atoms with Gasteiger partial charge >= 0.3 is 12.1 Å². The summed E-state index contributed by atoms with van der Waals surface area (Å²) in [5.41, 5.74) is 5.49. The molecule has 1 aliphatic heterocycles. The smallest absolute Gasteiger partial charge is 0.475 e. The van der Waals surface area contributed by atoms with Gasteiger partial charge in [-0.05, 0) is 61.2 Å². The number of halogens is 4. The van der Waals surface area contributed by atoms with Gasteiger partial charge in [0.25, 0.3) is 0 Å². The minimum absolute atomic E-state index is 0.0881. The minimum atomic E-state index is -5.08. The van der Waals surface area contributed by atoms with E-state index in [1.165, 1.54) is 5.56 Å². The summed E-state index contributed by atoms with van der Waals surface area (Å²) in [6, 6.07) is 14.0. The molecule has 2 aromatic carbocycles. The number of fused-ring (bicyclic) bond motifs is 6. The maximum Gasteiger partial charge on any atom is 0.490 e. The number of benzene rings is 2. The summed E-state index contributed by atoms with van der Waals surface area (Å²) in [5.74, 6) is -1.88. The lowest BCUT2D eigenvalue weighted by Crippen LogP contribution is -2.21. The number of carboxylic acids is 1. The van der Waals surface area contributed by atoms with Gasteiger partial charge in [0.05, 0.1) is 23.3 Å². The Morgan fingerprint density at radius 2 is 1.85 bits per heavy atom. The number of amides is 1. The number of carbonyl (C=O) groups is 2. The number of aliphatic carboxylic acids is 1. The number of hydrogen-bond donors (Lipinski definition) is 4. The van der Waals surface area contributed by atoms with Crippen LogP contribution < -0.4 is 16.0 Å². The van der Waals surface area contributed by atoms with Crippen molar-refractivity contribution in [2.24, 2.45) is 0 Å². The second kappa shape index (κ2) is 12.3. The zero-order valence-electron chi connectivity index (χ0n) is 20.8. The van der Waals surface area contributed by atoms with Crippen LogP contribution in [-0.4, -0.2) is 38.1 Å². The van der Waals surface area contributed by atoms with Crippen molar-refractivity contribution in [2.45, 2.75) is 32.4 Å². The van der Waals surface area contributed by atoms with Crippen molar-refractivity contribution in [1.29, 1.82) is 0 Å². The average molecular weight is 591 g/mol. The number of anilines is 5. The third-order valence-electron chi connectivity index (χ3n) is 5.50. The van der Waals surface area contributed by atoms with E-state index in [1.807, 2.05) is 42.6 Å². The lowest BCUT2D eigenvalue weighted by Gasteiger charge is -2.14. The summed E-state index contributed by atoms with van der Waals surface area (Å²) in [7, 11) is 0. The number of hydrogen-bond acceptors (Lipinski definition) is 8. The first-order valence-corrected chi connectivity index (χ1v) is 13.0. The molecule has 40 heavy (non-hydrogen) atoms. The SMILES string of the molecule is Cc1nc(CC(=O)Nc2ccc3cc2CCc2cccc(c2)Nc2ncc(Cl)c(n2)N3)cs1.O=C(O)C(F)(F)F. The summed E-state index contributed by atoms with van der Waals surface area (Å²) in [5, 5.41) is 20.0. The Kier molecular flexibility index (Phi) is 8.85. The summed E-state index contributed by atoms with van der Waals surface area (Å²) in [6.45, 7) is 1.93. The molecule has 2 aromatic heterocycles. The molecule has 0 radical (unpaired) electrons. The number of carboxylic acid groups (broad SMARTS) is 1. The zero-order valence-corrected chi connectivity index (χ0v) is 22.4. The largest absolute Gasteiger partial charge is 0.490 e. The Balaban J connectivity index is 0.000000470. The van der Waals surface area contributed by atoms with Crippen LogP contribution in [0, 0.1) is 6.92 Å². The van der Waals surface area contributed by atoms with Crippen molar-refractivity contribution in [2.75, 3.05) is 16.0 Å². The van der Waals surface area contributed by atoms with E-state index in [9.17, 15) is 18.0 Å². The molecule has 1 amide bonds. The van der Waals surface area contributed by atoms with Gasteiger partial charge in [0.1, 0.15) is 5.02 Å². The molecule has 3 heterocycles. The number of nitrogens with one attached hydrogen (secondary N) is 3. The lowest BCUT2D eigenvalue weighted by atomic mass is 10.0. The molecule has 0 aliphatic carbocycles. The lowest BCUT2D eigenvalue weighted by molar-refractivity contribution is -0.192. The molecule has 0 spiro atoms. The van der Waals surface area contributed by atoms with E-state index >= 15 is 0 Å². The predicted molar refractivity (Wildman–Crippen MR) is 147 cm³/mol. The molecule has 0 saturated heterocycles. The highest BCUT2D eigenvalue weighted by atomic mass is 35.5. The monoisotopic (exact) mass is 590 g/mol. The number of aromatic nitrogens is 3. The van der Waals surface area contributed by atoms with Crippen LogP contribution in [0.5, 0.6) is 0 Å². The molecule has 14 heteroatoms. The summed E-state index contributed by atoms with van der Waals surface area (Å²) < 4.78 is 31.7. The van der Waals surface area contributed by atoms with Crippen LogP contribution in [0.1, 0.15) is 21.8 Å². The van der Waals surface area contributed by atoms with Crippen molar-refractivity contribution in [3.8, 4) is 0 Å². The van der Waals surface area contributed by atoms with E-state index in [4.69, 9.17) is 21.5 Å².